The summed E-state index contributed by atoms with van der Waals surface area (Å²) in [7, 11) is 0. The average Bonchev–Trinajstić information content (AvgIpc) is 3.16. The predicted octanol–water partition coefficient (Wildman–Crippen LogP) is 4.95. The van der Waals surface area contributed by atoms with Crippen molar-refractivity contribution < 1.29 is 14.0 Å². The van der Waals surface area contributed by atoms with Crippen molar-refractivity contribution in [1.82, 2.24) is 10.3 Å². The normalized spacial score (nSPS) is 10.9. The molecule has 0 aliphatic heterocycles. The average molecular weight is 430 g/mol. The molecule has 29 heavy (non-hydrogen) atoms. The quantitative estimate of drug-likeness (QED) is 0.564. The number of nitrogens with one attached hydrogen (secondary N) is 1. The van der Waals surface area contributed by atoms with Crippen LogP contribution in [0.3, 0.4) is 0 Å². The van der Waals surface area contributed by atoms with Crippen molar-refractivity contribution in [1.29, 1.82) is 0 Å². The molecular formula is C21H17ClFN3O2S. The lowest BCUT2D eigenvalue weighted by atomic mass is 10.2. The summed E-state index contributed by atoms with van der Waals surface area (Å²) in [5.41, 5.74) is 1.55. The van der Waals surface area contributed by atoms with Crippen molar-refractivity contribution in [2.24, 2.45) is 0 Å². The molecule has 0 radical (unpaired) electrons. The van der Waals surface area contributed by atoms with Crippen LogP contribution in [-0.2, 0) is 16.1 Å². The molecule has 8 heteroatoms. The Morgan fingerprint density at radius 1 is 1.21 bits per heavy atom. The lowest BCUT2D eigenvalue weighted by Crippen LogP contribution is -2.23. The molecule has 5 nitrogen and oxygen atoms in total. The zero-order valence-electron chi connectivity index (χ0n) is 15.4. The third-order valence-electron chi connectivity index (χ3n) is 3.89. The number of thiazole rings is 1. The van der Waals surface area contributed by atoms with Crippen LogP contribution in [0.1, 0.15) is 18.2 Å². The van der Waals surface area contributed by atoms with E-state index >= 15 is 0 Å². The molecule has 0 atom stereocenters. The number of hydrogen-bond donors (Lipinski definition) is 1. The van der Waals surface area contributed by atoms with Gasteiger partial charge in [0.05, 0.1) is 11.4 Å². The molecule has 0 spiro atoms. The number of amides is 2. The third kappa shape index (κ3) is 5.49. The summed E-state index contributed by atoms with van der Waals surface area (Å²) < 4.78 is 14.1. The van der Waals surface area contributed by atoms with Crippen LogP contribution < -0.4 is 10.2 Å². The van der Waals surface area contributed by atoms with E-state index in [0.717, 1.165) is 5.56 Å². The van der Waals surface area contributed by atoms with Gasteiger partial charge in [0.1, 0.15) is 5.82 Å². The number of halogens is 2. The third-order valence-corrected chi connectivity index (χ3v) is 4.99. The minimum absolute atomic E-state index is 0.130. The number of benzene rings is 2. The van der Waals surface area contributed by atoms with Gasteiger partial charge in [-0.2, -0.15) is 0 Å². The molecular weight excluding hydrogens is 413 g/mol. The molecule has 0 aliphatic rings. The van der Waals surface area contributed by atoms with E-state index < -0.39 is 5.82 Å². The highest BCUT2D eigenvalue weighted by Gasteiger charge is 2.20. The van der Waals surface area contributed by atoms with E-state index in [9.17, 15) is 14.0 Å². The topological polar surface area (TPSA) is 62.3 Å². The van der Waals surface area contributed by atoms with Gasteiger partial charge in [0, 0.05) is 29.9 Å². The first-order valence-corrected chi connectivity index (χ1v) is 9.91. The van der Waals surface area contributed by atoms with Crippen LogP contribution in [0.15, 0.2) is 60.0 Å². The highest BCUT2D eigenvalue weighted by molar-refractivity contribution is 7.14. The fourth-order valence-corrected chi connectivity index (χ4v) is 3.48. The number of aromatic nitrogens is 1. The van der Waals surface area contributed by atoms with E-state index in [1.807, 2.05) is 12.1 Å². The second kappa shape index (κ2) is 9.45. The van der Waals surface area contributed by atoms with Crippen LogP contribution in [0.5, 0.6) is 0 Å². The van der Waals surface area contributed by atoms with Gasteiger partial charge < -0.3 is 5.32 Å². The maximum Gasteiger partial charge on any atom is 0.244 e. The zero-order valence-corrected chi connectivity index (χ0v) is 17.0. The van der Waals surface area contributed by atoms with Gasteiger partial charge >= 0.3 is 0 Å². The minimum atomic E-state index is -0.517. The fourth-order valence-electron chi connectivity index (χ4n) is 2.51. The Morgan fingerprint density at radius 3 is 2.62 bits per heavy atom. The molecule has 1 heterocycles. The number of nitrogens with zero attached hydrogens (tertiary/aromatic N) is 2. The Kier molecular flexibility index (Phi) is 6.74. The summed E-state index contributed by atoms with van der Waals surface area (Å²) in [5, 5.41) is 5.41. The lowest BCUT2D eigenvalue weighted by Gasteiger charge is -2.18. The molecule has 3 aromatic rings. The number of carbonyl (C=O) groups is 2. The summed E-state index contributed by atoms with van der Waals surface area (Å²) >= 11 is 7.02. The monoisotopic (exact) mass is 429 g/mol. The van der Waals surface area contributed by atoms with E-state index in [1.165, 1.54) is 47.4 Å². The van der Waals surface area contributed by atoms with Gasteiger partial charge in [0.15, 0.2) is 5.13 Å². The predicted molar refractivity (Wildman–Crippen MR) is 114 cm³/mol. The highest BCUT2D eigenvalue weighted by Crippen LogP contribution is 2.30. The number of carbonyl (C=O) groups excluding carboxylic acids is 2. The molecule has 1 aromatic heterocycles. The van der Waals surface area contributed by atoms with Crippen molar-refractivity contribution >= 4 is 51.6 Å². The van der Waals surface area contributed by atoms with E-state index in [2.05, 4.69) is 10.3 Å². The Hall–Kier alpha value is -3.03. The largest absolute Gasteiger partial charge is 0.348 e. The van der Waals surface area contributed by atoms with Gasteiger partial charge in [-0.3, -0.25) is 14.5 Å². The number of para-hydroxylation sites is 1. The maximum absolute atomic E-state index is 14.1. The molecule has 2 aromatic carbocycles. The highest BCUT2D eigenvalue weighted by atomic mass is 35.5. The molecule has 1 N–H and O–H groups in total. The summed E-state index contributed by atoms with van der Waals surface area (Å²) in [5.74, 6) is -1.16. The van der Waals surface area contributed by atoms with Gasteiger partial charge in [0.2, 0.25) is 11.8 Å². The van der Waals surface area contributed by atoms with E-state index in [-0.39, 0.29) is 17.5 Å². The number of rotatable bonds is 6. The van der Waals surface area contributed by atoms with E-state index in [4.69, 9.17) is 11.6 Å². The van der Waals surface area contributed by atoms with Crippen LogP contribution >= 0.6 is 22.9 Å². The Bertz CT molecular complexity index is 1050. The van der Waals surface area contributed by atoms with Crippen LogP contribution in [0.2, 0.25) is 5.02 Å². The first kappa shape index (κ1) is 20.7. The van der Waals surface area contributed by atoms with Gasteiger partial charge in [-0.15, -0.1) is 11.3 Å². The molecule has 0 unspecified atom stereocenters. The summed E-state index contributed by atoms with van der Waals surface area (Å²) in [6, 6.07) is 13.2. The molecule has 0 saturated carbocycles. The van der Waals surface area contributed by atoms with Crippen molar-refractivity contribution in [3.05, 3.63) is 82.1 Å². The van der Waals surface area contributed by atoms with Crippen LogP contribution in [0.25, 0.3) is 6.08 Å². The lowest BCUT2D eigenvalue weighted by molar-refractivity contribution is -0.117. The fraction of sp³-hybridized carbons (Fsp3) is 0.0952. The van der Waals surface area contributed by atoms with E-state index in [0.29, 0.717) is 22.4 Å². The zero-order chi connectivity index (χ0) is 20.8. The SMILES string of the molecule is CC(=O)N(c1nc(/C=C/C(=O)NCc2ccc(Cl)cc2)cs1)c1ccccc1F. The van der Waals surface area contributed by atoms with Crippen LogP contribution in [0.4, 0.5) is 15.2 Å². The molecule has 148 valence electrons. The second-order valence-corrected chi connectivity index (χ2v) is 7.31. The van der Waals surface area contributed by atoms with Gasteiger partial charge in [0.25, 0.3) is 0 Å². The van der Waals surface area contributed by atoms with Gasteiger partial charge in [-0.25, -0.2) is 9.37 Å². The first-order valence-electron chi connectivity index (χ1n) is 8.65. The van der Waals surface area contributed by atoms with Crippen molar-refractivity contribution in [3.8, 4) is 0 Å². The first-order chi connectivity index (χ1) is 13.9. The van der Waals surface area contributed by atoms with Crippen molar-refractivity contribution in [3.63, 3.8) is 0 Å². The molecule has 0 bridgehead atoms. The van der Waals surface area contributed by atoms with Gasteiger partial charge in [-0.05, 0) is 35.9 Å². The number of anilines is 2. The number of hydrogen-bond acceptors (Lipinski definition) is 4. The maximum atomic E-state index is 14.1. The smallest absolute Gasteiger partial charge is 0.244 e. The second-order valence-electron chi connectivity index (χ2n) is 6.04. The van der Waals surface area contributed by atoms with E-state index in [1.54, 1.807) is 29.6 Å². The molecule has 0 aliphatic carbocycles. The Balaban J connectivity index is 1.67. The summed E-state index contributed by atoms with van der Waals surface area (Å²) in [6.07, 6.45) is 2.90. The summed E-state index contributed by atoms with van der Waals surface area (Å²) in [6.45, 7) is 1.71. The Labute approximate surface area is 176 Å². The molecule has 2 amide bonds. The molecule has 0 saturated heterocycles. The van der Waals surface area contributed by atoms with Crippen molar-refractivity contribution in [2.75, 3.05) is 4.90 Å². The minimum Gasteiger partial charge on any atom is -0.348 e. The van der Waals surface area contributed by atoms with Crippen LogP contribution in [0, 0.1) is 5.82 Å². The van der Waals surface area contributed by atoms with Crippen molar-refractivity contribution in [2.45, 2.75) is 13.5 Å². The molecule has 0 fully saturated rings. The van der Waals surface area contributed by atoms with Crippen LogP contribution in [-0.4, -0.2) is 16.8 Å². The molecule has 3 rings (SSSR count). The standard InChI is InChI=1S/C21H17ClFN3O2S/c1-14(27)26(19-5-3-2-4-18(19)23)21-25-17(13-29-21)10-11-20(28)24-12-15-6-8-16(22)9-7-15/h2-11,13H,12H2,1H3,(H,24,28)/b11-10+. The summed E-state index contributed by atoms with van der Waals surface area (Å²) in [4.78, 5) is 29.6. The Morgan fingerprint density at radius 2 is 1.93 bits per heavy atom. The van der Waals surface area contributed by atoms with Gasteiger partial charge in [-0.1, -0.05) is 35.9 Å².